The number of aromatic amines is 1. The number of H-pyrrole nitrogens is 1. The number of fused-ring (bicyclic) bond motifs is 1. The molecule has 164 valence electrons. The molecule has 3 heterocycles. The lowest BCUT2D eigenvalue weighted by molar-refractivity contribution is -0.113. The molecule has 4 aromatic rings. The van der Waals surface area contributed by atoms with Crippen molar-refractivity contribution in [3.05, 3.63) is 60.3 Å². The Bertz CT molecular complexity index is 1220. The number of aryl methyl sites for hydroxylation is 1. The van der Waals surface area contributed by atoms with Gasteiger partial charge in [-0.1, -0.05) is 47.7 Å². The summed E-state index contributed by atoms with van der Waals surface area (Å²) >= 11 is 1.40. The molecule has 2 aromatic carbocycles. The van der Waals surface area contributed by atoms with E-state index >= 15 is 0 Å². The SMILES string of the molecule is Cc1ccc(NC(=O)CSc2nnc(-c3c[nH]c4ccccc34)n2CC2CCCO2)cc1. The molecule has 5 rings (SSSR count). The van der Waals surface area contributed by atoms with Gasteiger partial charge in [-0.2, -0.15) is 0 Å². The smallest absolute Gasteiger partial charge is 0.234 e. The van der Waals surface area contributed by atoms with Crippen molar-refractivity contribution < 1.29 is 9.53 Å². The van der Waals surface area contributed by atoms with Gasteiger partial charge in [0, 0.05) is 35.0 Å². The fraction of sp³-hybridized carbons (Fsp3) is 0.292. The minimum atomic E-state index is -0.0702. The predicted molar refractivity (Wildman–Crippen MR) is 127 cm³/mol. The fourth-order valence-corrected chi connectivity index (χ4v) is 4.72. The Hall–Kier alpha value is -3.10. The third-order valence-electron chi connectivity index (χ3n) is 5.62. The van der Waals surface area contributed by atoms with Gasteiger partial charge in [0.05, 0.1) is 18.4 Å². The molecule has 0 spiro atoms. The van der Waals surface area contributed by atoms with Gasteiger partial charge in [-0.25, -0.2) is 0 Å². The van der Waals surface area contributed by atoms with Gasteiger partial charge in [0.1, 0.15) is 0 Å². The van der Waals surface area contributed by atoms with Crippen LogP contribution >= 0.6 is 11.8 Å². The van der Waals surface area contributed by atoms with Crippen molar-refractivity contribution in [3.8, 4) is 11.4 Å². The molecule has 2 N–H and O–H groups in total. The highest BCUT2D eigenvalue weighted by Crippen LogP contribution is 2.31. The van der Waals surface area contributed by atoms with Crippen LogP contribution in [0.3, 0.4) is 0 Å². The van der Waals surface area contributed by atoms with Crippen molar-refractivity contribution in [2.24, 2.45) is 0 Å². The minimum absolute atomic E-state index is 0.0702. The zero-order valence-electron chi connectivity index (χ0n) is 17.9. The van der Waals surface area contributed by atoms with Gasteiger partial charge in [0.15, 0.2) is 11.0 Å². The zero-order chi connectivity index (χ0) is 21.9. The Morgan fingerprint density at radius 2 is 2.06 bits per heavy atom. The molecule has 1 aliphatic heterocycles. The third-order valence-corrected chi connectivity index (χ3v) is 6.59. The fourth-order valence-electron chi connectivity index (χ4n) is 3.97. The zero-order valence-corrected chi connectivity index (χ0v) is 18.7. The van der Waals surface area contributed by atoms with Crippen LogP contribution in [0.5, 0.6) is 0 Å². The van der Waals surface area contributed by atoms with E-state index in [1.54, 1.807) is 0 Å². The lowest BCUT2D eigenvalue weighted by atomic mass is 10.1. The summed E-state index contributed by atoms with van der Waals surface area (Å²) in [4.78, 5) is 15.8. The number of amides is 1. The summed E-state index contributed by atoms with van der Waals surface area (Å²) in [6, 6.07) is 15.9. The number of thioether (sulfide) groups is 1. The maximum atomic E-state index is 12.5. The van der Waals surface area contributed by atoms with Crippen molar-refractivity contribution in [2.75, 3.05) is 17.7 Å². The summed E-state index contributed by atoms with van der Waals surface area (Å²) < 4.78 is 7.98. The second-order valence-corrected chi connectivity index (χ2v) is 8.95. The Labute approximate surface area is 190 Å². The summed E-state index contributed by atoms with van der Waals surface area (Å²) in [5.41, 5.74) is 4.01. The second kappa shape index (κ2) is 9.18. The molecule has 1 fully saturated rings. The number of hydrogen-bond donors (Lipinski definition) is 2. The van der Waals surface area contributed by atoms with E-state index in [4.69, 9.17) is 4.74 Å². The van der Waals surface area contributed by atoms with E-state index in [1.807, 2.05) is 55.6 Å². The third kappa shape index (κ3) is 4.42. The first-order chi connectivity index (χ1) is 15.7. The van der Waals surface area contributed by atoms with E-state index in [1.165, 1.54) is 11.8 Å². The number of carbonyl (C=O) groups excluding carboxylic acids is 1. The topological polar surface area (TPSA) is 84.8 Å². The highest BCUT2D eigenvalue weighted by Gasteiger charge is 2.23. The highest BCUT2D eigenvalue weighted by molar-refractivity contribution is 7.99. The second-order valence-electron chi connectivity index (χ2n) is 8.00. The summed E-state index contributed by atoms with van der Waals surface area (Å²) in [6.07, 6.45) is 4.19. The Morgan fingerprint density at radius 1 is 1.22 bits per heavy atom. The standard InChI is InChI=1S/C24H25N5O2S/c1-16-8-10-17(11-9-16)26-22(30)15-32-24-28-27-23(29(24)14-18-5-4-12-31-18)20-13-25-21-7-3-2-6-19(20)21/h2-3,6-11,13,18,25H,4-5,12,14-15H2,1H3,(H,26,30). The van der Waals surface area contributed by atoms with E-state index in [-0.39, 0.29) is 17.8 Å². The molecule has 1 atom stereocenters. The molecule has 0 bridgehead atoms. The maximum Gasteiger partial charge on any atom is 0.234 e. The summed E-state index contributed by atoms with van der Waals surface area (Å²) in [6.45, 7) is 3.48. The van der Waals surface area contributed by atoms with Crippen molar-refractivity contribution in [1.29, 1.82) is 0 Å². The summed E-state index contributed by atoms with van der Waals surface area (Å²) in [7, 11) is 0. The van der Waals surface area contributed by atoms with Crippen LogP contribution in [0.25, 0.3) is 22.3 Å². The normalized spacial score (nSPS) is 16.0. The largest absolute Gasteiger partial charge is 0.376 e. The molecular weight excluding hydrogens is 422 g/mol. The predicted octanol–water partition coefficient (Wildman–Crippen LogP) is 4.64. The van der Waals surface area contributed by atoms with E-state index in [0.29, 0.717) is 6.54 Å². The van der Waals surface area contributed by atoms with Crippen molar-refractivity contribution >= 4 is 34.3 Å². The van der Waals surface area contributed by atoms with Crippen LogP contribution in [0, 0.1) is 6.92 Å². The maximum absolute atomic E-state index is 12.5. The molecule has 1 aliphatic rings. The Morgan fingerprint density at radius 3 is 2.88 bits per heavy atom. The van der Waals surface area contributed by atoms with Gasteiger partial charge >= 0.3 is 0 Å². The molecule has 0 saturated carbocycles. The molecule has 32 heavy (non-hydrogen) atoms. The molecule has 8 heteroatoms. The van der Waals surface area contributed by atoms with Gasteiger partial charge in [0.25, 0.3) is 0 Å². The van der Waals surface area contributed by atoms with Crippen LogP contribution in [-0.2, 0) is 16.1 Å². The van der Waals surface area contributed by atoms with Crippen LogP contribution in [-0.4, -0.2) is 44.1 Å². The molecule has 1 amide bonds. The molecule has 0 radical (unpaired) electrons. The van der Waals surface area contributed by atoms with Crippen LogP contribution in [0.4, 0.5) is 5.69 Å². The lowest BCUT2D eigenvalue weighted by Crippen LogP contribution is -2.18. The average Bonchev–Trinajstić information content (AvgIpc) is 3.54. The van der Waals surface area contributed by atoms with Crippen LogP contribution in [0.1, 0.15) is 18.4 Å². The number of para-hydroxylation sites is 1. The number of ether oxygens (including phenoxy) is 1. The van der Waals surface area contributed by atoms with Gasteiger partial charge in [-0.15, -0.1) is 10.2 Å². The molecule has 1 unspecified atom stereocenters. The van der Waals surface area contributed by atoms with Crippen LogP contribution in [0.2, 0.25) is 0 Å². The Balaban J connectivity index is 1.38. The van der Waals surface area contributed by atoms with E-state index in [9.17, 15) is 4.79 Å². The van der Waals surface area contributed by atoms with Gasteiger partial charge < -0.3 is 15.0 Å². The minimum Gasteiger partial charge on any atom is -0.376 e. The first-order valence-corrected chi connectivity index (χ1v) is 11.8. The average molecular weight is 448 g/mol. The molecule has 1 saturated heterocycles. The first-order valence-electron chi connectivity index (χ1n) is 10.8. The van der Waals surface area contributed by atoms with Gasteiger partial charge in [-0.05, 0) is 38.0 Å². The number of nitrogens with zero attached hydrogens (tertiary/aromatic N) is 3. The van der Waals surface area contributed by atoms with Crippen molar-refractivity contribution in [3.63, 3.8) is 0 Å². The quantitative estimate of drug-likeness (QED) is 0.403. The number of aromatic nitrogens is 4. The number of nitrogens with one attached hydrogen (secondary N) is 2. The highest BCUT2D eigenvalue weighted by atomic mass is 32.2. The number of carbonyl (C=O) groups is 1. The van der Waals surface area contributed by atoms with Crippen molar-refractivity contribution in [1.82, 2.24) is 19.7 Å². The number of anilines is 1. The van der Waals surface area contributed by atoms with Crippen LogP contribution < -0.4 is 5.32 Å². The van der Waals surface area contributed by atoms with Gasteiger partial charge in [0.2, 0.25) is 5.91 Å². The molecule has 2 aromatic heterocycles. The molecule has 7 nitrogen and oxygen atoms in total. The summed E-state index contributed by atoms with van der Waals surface area (Å²) in [5, 5.41) is 13.7. The van der Waals surface area contributed by atoms with Crippen molar-refractivity contribution in [2.45, 2.75) is 37.6 Å². The number of rotatable bonds is 7. The lowest BCUT2D eigenvalue weighted by Gasteiger charge is -2.14. The van der Waals surface area contributed by atoms with E-state index < -0.39 is 0 Å². The number of hydrogen-bond acceptors (Lipinski definition) is 5. The first kappa shape index (κ1) is 20.8. The van der Waals surface area contributed by atoms with E-state index in [2.05, 4.69) is 31.1 Å². The monoisotopic (exact) mass is 447 g/mol. The summed E-state index contributed by atoms with van der Waals surface area (Å²) in [5.74, 6) is 0.976. The molecular formula is C24H25N5O2S. The van der Waals surface area contributed by atoms with Crippen LogP contribution in [0.15, 0.2) is 59.9 Å². The van der Waals surface area contributed by atoms with Gasteiger partial charge in [-0.3, -0.25) is 9.36 Å². The molecule has 0 aliphatic carbocycles. The Kier molecular flexibility index (Phi) is 5.96. The van der Waals surface area contributed by atoms with E-state index in [0.717, 1.165) is 58.1 Å². The number of benzene rings is 2.